The van der Waals surface area contributed by atoms with Crippen LogP contribution in [0, 0.1) is 5.82 Å². The Hall–Kier alpha value is -10.4. The molecule has 6 heterocycles. The summed E-state index contributed by atoms with van der Waals surface area (Å²) in [6, 6.07) is 10.3. The fraction of sp³-hybridized carbons (Fsp3) is 0.521. The van der Waals surface area contributed by atoms with E-state index in [-0.39, 0.29) is 137 Å². The SMILES string of the molecule is C.CC(C)(C)OC(=O)CCOCCOCCN.CC(C)(C)OC(=O)CCOCCOCCNc1cccc2c1C(=O)N(C1CCC(=O)NC1=O)C2=O.O=C(O)CCOCCOCCNc1cccc2c1C(=O)N(C1CCC(=O)NC1=O)C2=O.O=C1CCC(N2C(=O)c3cccc(F)c3C2=O)C(=O)N1.O=CC(F)(F)F. The summed E-state index contributed by atoms with van der Waals surface area (Å²) in [6.45, 7) is 16.2. The van der Waals surface area contributed by atoms with E-state index in [1.165, 1.54) is 24.3 Å². The average molecular weight is 1550 g/mol. The number of nitrogens with one attached hydrogen (secondary N) is 5. The quantitative estimate of drug-likeness (QED) is 0.0159. The molecule has 3 fully saturated rings. The van der Waals surface area contributed by atoms with Gasteiger partial charge in [-0.05, 0) is 97.2 Å². The zero-order valence-electron chi connectivity index (χ0n) is 60.2. The van der Waals surface area contributed by atoms with E-state index in [1.54, 1.807) is 45.0 Å². The van der Waals surface area contributed by atoms with Gasteiger partial charge in [-0.3, -0.25) is 107 Å². The Morgan fingerprint density at radius 3 is 1.08 bits per heavy atom. The lowest BCUT2D eigenvalue weighted by atomic mass is 10.0. The summed E-state index contributed by atoms with van der Waals surface area (Å²) in [5, 5.41) is 21.1. The number of hydrogen-bond donors (Lipinski definition) is 7. The Morgan fingerprint density at radius 1 is 0.477 bits per heavy atom. The molecular formula is C71H91F4N9O25. The van der Waals surface area contributed by atoms with Gasteiger partial charge in [0, 0.05) is 50.3 Å². The first-order chi connectivity index (χ1) is 51.0. The number of halogens is 4. The predicted octanol–water partition coefficient (Wildman–Crippen LogP) is 3.59. The topological polar surface area (TPSA) is 463 Å². The number of nitrogens with two attached hydrogens (primary N) is 1. The van der Waals surface area contributed by atoms with Gasteiger partial charge in [0.2, 0.25) is 41.7 Å². The highest BCUT2D eigenvalue weighted by molar-refractivity contribution is 6.27. The zero-order chi connectivity index (χ0) is 80.1. The van der Waals surface area contributed by atoms with Crippen LogP contribution in [0.25, 0.3) is 0 Å². The third kappa shape index (κ3) is 28.6. The molecule has 8 N–H and O–H groups in total. The fourth-order valence-electron chi connectivity index (χ4n) is 10.6. The number of benzene rings is 3. The molecule has 3 aromatic carbocycles. The second-order valence-electron chi connectivity index (χ2n) is 25.8. The standard InChI is InChI=1S/C24H31N3O8.C20H23N3O8.C13H9FN2O4.C11H23NO4.C2HF3O.CH4/c1-24(2,3)35-19(29)9-11-33-13-14-34-12-10-25-16-6-4-5-15-20(16)23(32)27(22(15)31)17-7-8-18(28)26-21(17)30;24-15-5-4-14(18(27)22-15)23-19(28)12-2-1-3-13(17(12)20(23)29)21-7-9-31-11-10-30-8-6-16(25)26;14-7-3-1-2-6-10(7)13(20)16(12(6)19)8-4-5-9(17)15-11(8)18;1-11(2,3)16-10(13)4-6-14-8-9-15-7-5-12;3-2(4,5)1-6;/h4-6,17,25H,7-14H2,1-3H3,(H,26,28,30);1-3,14,21H,4-11H2,(H,25,26)(H,22,24,27);1-3,8H,4-5H2,(H,15,17,18);4-9,12H2,1-3H3;1H;1H4. The van der Waals surface area contributed by atoms with Crippen LogP contribution in [0.4, 0.5) is 28.9 Å². The van der Waals surface area contributed by atoms with Gasteiger partial charge in [-0.25, -0.2) is 4.39 Å². The zero-order valence-corrected chi connectivity index (χ0v) is 60.2. The van der Waals surface area contributed by atoms with E-state index < -0.39 is 124 Å². The molecule has 9 rings (SSSR count). The van der Waals surface area contributed by atoms with E-state index >= 15 is 0 Å². The summed E-state index contributed by atoms with van der Waals surface area (Å²) in [6.07, 6.45) is -4.91. The van der Waals surface area contributed by atoms with Gasteiger partial charge < -0.3 is 59.4 Å². The minimum absolute atomic E-state index is 0. The van der Waals surface area contributed by atoms with Crippen molar-refractivity contribution in [1.29, 1.82) is 0 Å². The Kier molecular flexibility index (Phi) is 36.4. The van der Waals surface area contributed by atoms with Crippen molar-refractivity contribution in [2.45, 2.75) is 142 Å². The highest BCUT2D eigenvalue weighted by atomic mass is 19.4. The van der Waals surface area contributed by atoms with Crippen LogP contribution in [0.5, 0.6) is 0 Å². The molecule has 6 aliphatic heterocycles. The second kappa shape index (κ2) is 43.6. The average Bonchev–Trinajstić information content (AvgIpc) is 1.62. The molecular weight excluding hydrogens is 1450 g/mol. The molecule has 12 amide bonds. The third-order valence-electron chi connectivity index (χ3n) is 15.2. The van der Waals surface area contributed by atoms with Crippen LogP contribution in [-0.4, -0.2) is 249 Å². The van der Waals surface area contributed by atoms with Gasteiger partial charge in [0.25, 0.3) is 35.4 Å². The van der Waals surface area contributed by atoms with Crippen LogP contribution in [0.1, 0.15) is 169 Å². The largest absolute Gasteiger partial charge is 0.481 e. The van der Waals surface area contributed by atoms with E-state index in [0.717, 1.165) is 20.8 Å². The molecule has 6 aliphatic rings. The van der Waals surface area contributed by atoms with E-state index in [0.29, 0.717) is 83.9 Å². The minimum atomic E-state index is -4.64. The van der Waals surface area contributed by atoms with Crippen LogP contribution < -0.4 is 32.3 Å². The molecule has 0 saturated carbocycles. The summed E-state index contributed by atoms with van der Waals surface area (Å²) < 4.78 is 86.9. The molecule has 3 atom stereocenters. The second-order valence-corrected chi connectivity index (χ2v) is 25.8. The molecule has 0 spiro atoms. The van der Waals surface area contributed by atoms with Crippen molar-refractivity contribution in [2.75, 3.05) is 110 Å². The number of carboxylic acid groups (broad SMARTS) is 1. The van der Waals surface area contributed by atoms with Crippen molar-refractivity contribution in [3.05, 3.63) is 93.8 Å². The highest BCUT2D eigenvalue weighted by Crippen LogP contribution is 2.35. The van der Waals surface area contributed by atoms with Gasteiger partial charge in [-0.15, -0.1) is 0 Å². The number of anilines is 2. The highest BCUT2D eigenvalue weighted by Gasteiger charge is 2.49. The van der Waals surface area contributed by atoms with E-state index in [9.17, 15) is 89.5 Å². The molecule has 109 heavy (non-hydrogen) atoms. The van der Waals surface area contributed by atoms with E-state index in [2.05, 4.69) is 26.6 Å². The molecule has 3 saturated heterocycles. The van der Waals surface area contributed by atoms with Gasteiger partial charge in [-0.1, -0.05) is 25.6 Å². The summed E-state index contributed by atoms with van der Waals surface area (Å²) in [4.78, 5) is 190. The van der Waals surface area contributed by atoms with Crippen molar-refractivity contribution in [2.24, 2.45) is 5.73 Å². The number of aliphatic carboxylic acids is 1. The first-order valence-electron chi connectivity index (χ1n) is 34.0. The molecule has 0 aliphatic carbocycles. The number of piperidine rings is 3. The first-order valence-corrected chi connectivity index (χ1v) is 34.0. The smallest absolute Gasteiger partial charge is 0.446 e. The van der Waals surface area contributed by atoms with E-state index in [4.69, 9.17) is 53.5 Å². The van der Waals surface area contributed by atoms with Crippen LogP contribution in [0.3, 0.4) is 0 Å². The van der Waals surface area contributed by atoms with Crippen LogP contribution in [-0.2, 0) is 85.8 Å². The Bertz CT molecular complexity index is 3800. The number of hydrogen-bond acceptors (Lipinski definition) is 27. The predicted molar refractivity (Wildman–Crippen MR) is 372 cm³/mol. The van der Waals surface area contributed by atoms with Crippen molar-refractivity contribution >= 4 is 106 Å². The maximum absolute atomic E-state index is 13.7. The number of nitrogens with zero attached hydrogens (tertiary/aromatic N) is 3. The number of esters is 2. The lowest BCUT2D eigenvalue weighted by Gasteiger charge is -2.27. The molecule has 0 radical (unpaired) electrons. The fourth-order valence-corrected chi connectivity index (χ4v) is 10.6. The van der Waals surface area contributed by atoms with Crippen molar-refractivity contribution in [1.82, 2.24) is 30.7 Å². The monoisotopic (exact) mass is 1550 g/mol. The molecule has 598 valence electrons. The minimum Gasteiger partial charge on any atom is -0.481 e. The number of rotatable bonds is 31. The van der Waals surface area contributed by atoms with Crippen molar-refractivity contribution in [3.8, 4) is 0 Å². The Balaban J connectivity index is 0.000000309. The first kappa shape index (κ1) is 91.0. The summed E-state index contributed by atoms with van der Waals surface area (Å²) in [5.74, 6) is -9.39. The summed E-state index contributed by atoms with van der Waals surface area (Å²) in [5.41, 5.74) is 5.64. The number of ether oxygens (including phenoxy) is 8. The van der Waals surface area contributed by atoms with Crippen molar-refractivity contribution < 1.29 is 137 Å². The van der Waals surface area contributed by atoms with Gasteiger partial charge in [0.15, 0.2) is 0 Å². The van der Waals surface area contributed by atoms with E-state index in [1.807, 2.05) is 20.8 Å². The lowest BCUT2D eigenvalue weighted by Crippen LogP contribution is -2.54. The Morgan fingerprint density at radius 2 is 0.780 bits per heavy atom. The number of amides is 12. The van der Waals surface area contributed by atoms with Gasteiger partial charge >= 0.3 is 24.1 Å². The Labute approximate surface area is 623 Å². The number of aldehydes is 1. The van der Waals surface area contributed by atoms with Crippen LogP contribution >= 0.6 is 0 Å². The van der Waals surface area contributed by atoms with Gasteiger partial charge in [0.05, 0.1) is 132 Å². The van der Waals surface area contributed by atoms with Crippen LogP contribution in [0.15, 0.2) is 54.6 Å². The van der Waals surface area contributed by atoms with Crippen molar-refractivity contribution in [3.63, 3.8) is 0 Å². The molecule has 0 bridgehead atoms. The van der Waals surface area contributed by atoms with Gasteiger partial charge in [0.1, 0.15) is 35.1 Å². The number of carboxylic acids is 1. The maximum atomic E-state index is 13.7. The molecule has 34 nitrogen and oxygen atoms in total. The number of carbonyl (C=O) groups excluding carboxylic acids is 15. The maximum Gasteiger partial charge on any atom is 0.446 e. The number of carbonyl (C=O) groups is 16. The van der Waals surface area contributed by atoms with Crippen LogP contribution in [0.2, 0.25) is 0 Å². The number of alkyl halides is 3. The molecule has 38 heteroatoms. The molecule has 3 aromatic rings. The summed E-state index contributed by atoms with van der Waals surface area (Å²) >= 11 is 0. The van der Waals surface area contributed by atoms with Gasteiger partial charge in [-0.2, -0.15) is 13.2 Å². The third-order valence-corrected chi connectivity index (χ3v) is 15.2. The summed E-state index contributed by atoms with van der Waals surface area (Å²) in [7, 11) is 0. The number of imide groups is 6. The number of fused-ring (bicyclic) bond motifs is 3. The lowest BCUT2D eigenvalue weighted by molar-refractivity contribution is -0.157. The molecule has 0 aromatic heterocycles. The molecule has 3 unspecified atom stereocenters. The normalized spacial score (nSPS) is 17.3.